The average molecular weight is 328 g/mol. The molecular formula is C16H16N4O2S. The van der Waals surface area contributed by atoms with Crippen molar-refractivity contribution < 1.29 is 9.47 Å². The SMILES string of the molecule is COc1ccccc1Nc1n[nH]c(=S)n1-c1ccccc1OC. The van der Waals surface area contributed by atoms with Gasteiger partial charge >= 0.3 is 0 Å². The first-order valence-corrected chi connectivity index (χ1v) is 7.36. The number of para-hydroxylation sites is 4. The molecule has 1 heterocycles. The molecule has 3 rings (SSSR count). The van der Waals surface area contributed by atoms with Crippen LogP contribution in [0.25, 0.3) is 5.69 Å². The van der Waals surface area contributed by atoms with Gasteiger partial charge < -0.3 is 14.8 Å². The topological polar surface area (TPSA) is 64.1 Å². The second-order valence-corrected chi connectivity index (χ2v) is 5.07. The van der Waals surface area contributed by atoms with Crippen LogP contribution >= 0.6 is 12.2 Å². The van der Waals surface area contributed by atoms with E-state index in [0.717, 1.165) is 11.4 Å². The normalized spacial score (nSPS) is 10.3. The predicted octanol–water partition coefficient (Wildman–Crippen LogP) is 3.69. The van der Waals surface area contributed by atoms with Gasteiger partial charge in [0, 0.05) is 0 Å². The smallest absolute Gasteiger partial charge is 0.232 e. The van der Waals surface area contributed by atoms with Crippen molar-refractivity contribution in [1.29, 1.82) is 0 Å². The summed E-state index contributed by atoms with van der Waals surface area (Å²) < 4.78 is 13.0. The minimum Gasteiger partial charge on any atom is -0.495 e. The number of H-pyrrole nitrogens is 1. The van der Waals surface area contributed by atoms with Gasteiger partial charge in [0.1, 0.15) is 11.5 Å². The second kappa shape index (κ2) is 6.53. The summed E-state index contributed by atoms with van der Waals surface area (Å²) in [6.45, 7) is 0. The Labute approximate surface area is 138 Å². The van der Waals surface area contributed by atoms with Crippen LogP contribution in [-0.2, 0) is 0 Å². The van der Waals surface area contributed by atoms with Crippen molar-refractivity contribution in [2.24, 2.45) is 0 Å². The molecule has 23 heavy (non-hydrogen) atoms. The third kappa shape index (κ3) is 2.91. The summed E-state index contributed by atoms with van der Waals surface area (Å²) in [6.07, 6.45) is 0. The van der Waals surface area contributed by atoms with Crippen LogP contribution in [-0.4, -0.2) is 29.0 Å². The number of methoxy groups -OCH3 is 2. The molecule has 0 fully saturated rings. The predicted molar refractivity (Wildman–Crippen MR) is 91.6 cm³/mol. The molecular weight excluding hydrogens is 312 g/mol. The number of hydrogen-bond acceptors (Lipinski definition) is 5. The van der Waals surface area contributed by atoms with Gasteiger partial charge in [0.2, 0.25) is 10.7 Å². The third-order valence-corrected chi connectivity index (χ3v) is 3.63. The summed E-state index contributed by atoms with van der Waals surface area (Å²) >= 11 is 5.36. The highest BCUT2D eigenvalue weighted by Gasteiger charge is 2.13. The summed E-state index contributed by atoms with van der Waals surface area (Å²) in [5.74, 6) is 1.96. The van der Waals surface area contributed by atoms with Crippen LogP contribution in [0.2, 0.25) is 0 Å². The lowest BCUT2D eigenvalue weighted by Gasteiger charge is -2.13. The van der Waals surface area contributed by atoms with Crippen molar-refractivity contribution in [3.05, 3.63) is 53.3 Å². The summed E-state index contributed by atoms with van der Waals surface area (Å²) in [4.78, 5) is 0. The maximum absolute atomic E-state index is 5.41. The molecule has 0 bridgehead atoms. The second-order valence-electron chi connectivity index (χ2n) is 4.68. The zero-order chi connectivity index (χ0) is 16.2. The summed E-state index contributed by atoms with van der Waals surface area (Å²) in [5, 5.41) is 10.3. The monoisotopic (exact) mass is 328 g/mol. The minimum atomic E-state index is 0.465. The van der Waals surface area contributed by atoms with Crippen molar-refractivity contribution >= 4 is 23.9 Å². The van der Waals surface area contributed by atoms with Crippen molar-refractivity contribution in [1.82, 2.24) is 14.8 Å². The molecule has 0 atom stereocenters. The van der Waals surface area contributed by atoms with E-state index in [9.17, 15) is 0 Å². The van der Waals surface area contributed by atoms with Crippen LogP contribution in [0.5, 0.6) is 11.5 Å². The Morgan fingerprint density at radius 1 is 1.00 bits per heavy atom. The molecule has 0 saturated heterocycles. The minimum absolute atomic E-state index is 0.465. The van der Waals surface area contributed by atoms with E-state index in [2.05, 4.69) is 15.5 Å². The van der Waals surface area contributed by atoms with E-state index < -0.39 is 0 Å². The van der Waals surface area contributed by atoms with Gasteiger partial charge in [-0.2, -0.15) is 0 Å². The Hall–Kier alpha value is -2.80. The Bertz CT molecular complexity index is 872. The van der Waals surface area contributed by atoms with Crippen LogP contribution < -0.4 is 14.8 Å². The van der Waals surface area contributed by atoms with E-state index in [1.807, 2.05) is 48.5 Å². The Morgan fingerprint density at radius 3 is 2.39 bits per heavy atom. The van der Waals surface area contributed by atoms with Crippen molar-refractivity contribution in [2.45, 2.75) is 0 Å². The molecule has 118 valence electrons. The fourth-order valence-corrected chi connectivity index (χ4v) is 2.52. The molecule has 7 heteroatoms. The van der Waals surface area contributed by atoms with Gasteiger partial charge in [0.05, 0.1) is 25.6 Å². The quantitative estimate of drug-likeness (QED) is 0.699. The molecule has 0 amide bonds. The van der Waals surface area contributed by atoms with E-state index >= 15 is 0 Å². The lowest BCUT2D eigenvalue weighted by atomic mass is 10.3. The lowest BCUT2D eigenvalue weighted by molar-refractivity contribution is 0.413. The number of rotatable bonds is 5. The van der Waals surface area contributed by atoms with Gasteiger partial charge in [-0.1, -0.05) is 24.3 Å². The van der Waals surface area contributed by atoms with Gasteiger partial charge in [-0.25, -0.2) is 5.10 Å². The molecule has 0 unspecified atom stereocenters. The van der Waals surface area contributed by atoms with Crippen LogP contribution in [0, 0.1) is 4.77 Å². The van der Waals surface area contributed by atoms with Gasteiger partial charge in [0.25, 0.3) is 0 Å². The highest BCUT2D eigenvalue weighted by Crippen LogP contribution is 2.29. The van der Waals surface area contributed by atoms with Crippen molar-refractivity contribution in [2.75, 3.05) is 19.5 Å². The lowest BCUT2D eigenvalue weighted by Crippen LogP contribution is -2.04. The Kier molecular flexibility index (Phi) is 4.29. The number of ether oxygens (including phenoxy) is 2. The van der Waals surface area contributed by atoms with Gasteiger partial charge in [-0.3, -0.25) is 4.57 Å². The first-order chi connectivity index (χ1) is 11.2. The van der Waals surface area contributed by atoms with Crippen molar-refractivity contribution in [3.63, 3.8) is 0 Å². The first kappa shape index (κ1) is 15.1. The molecule has 0 aliphatic carbocycles. The molecule has 0 radical (unpaired) electrons. The fraction of sp³-hybridized carbons (Fsp3) is 0.125. The number of aromatic nitrogens is 3. The number of anilines is 2. The van der Waals surface area contributed by atoms with Crippen LogP contribution in [0.3, 0.4) is 0 Å². The van der Waals surface area contributed by atoms with Crippen molar-refractivity contribution in [3.8, 4) is 17.2 Å². The summed E-state index contributed by atoms with van der Waals surface area (Å²) in [6, 6.07) is 15.2. The Morgan fingerprint density at radius 2 is 1.65 bits per heavy atom. The zero-order valence-electron chi connectivity index (χ0n) is 12.7. The first-order valence-electron chi connectivity index (χ1n) is 6.95. The summed E-state index contributed by atoms with van der Waals surface area (Å²) in [5.41, 5.74) is 1.59. The Balaban J connectivity index is 2.08. The van der Waals surface area contributed by atoms with E-state index in [-0.39, 0.29) is 0 Å². The van der Waals surface area contributed by atoms with Crippen LogP contribution in [0.15, 0.2) is 48.5 Å². The van der Waals surface area contributed by atoms with E-state index in [4.69, 9.17) is 21.7 Å². The highest BCUT2D eigenvalue weighted by atomic mass is 32.1. The molecule has 2 N–H and O–H groups in total. The molecule has 2 aromatic carbocycles. The fourth-order valence-electron chi connectivity index (χ4n) is 2.29. The number of nitrogens with one attached hydrogen (secondary N) is 2. The number of aromatic amines is 1. The number of nitrogens with zero attached hydrogens (tertiary/aromatic N) is 2. The molecule has 0 aliphatic rings. The maximum Gasteiger partial charge on any atom is 0.232 e. The number of benzene rings is 2. The number of hydrogen-bond donors (Lipinski definition) is 2. The molecule has 0 saturated carbocycles. The van der Waals surface area contributed by atoms with Crippen LogP contribution in [0.1, 0.15) is 0 Å². The zero-order valence-corrected chi connectivity index (χ0v) is 13.6. The van der Waals surface area contributed by atoms with Gasteiger partial charge in [-0.05, 0) is 36.5 Å². The molecule has 1 aromatic heterocycles. The molecule has 0 spiro atoms. The maximum atomic E-state index is 5.41. The standard InChI is InChI=1S/C16H16N4O2S/c1-21-13-9-5-3-7-11(13)17-15-18-19-16(23)20(15)12-8-4-6-10-14(12)22-2/h3-10H,1-2H3,(H,17,18)(H,19,23). The highest BCUT2D eigenvalue weighted by molar-refractivity contribution is 7.71. The molecule has 6 nitrogen and oxygen atoms in total. The third-order valence-electron chi connectivity index (χ3n) is 3.35. The molecule has 3 aromatic rings. The molecule has 0 aliphatic heterocycles. The van der Waals surface area contributed by atoms with E-state index in [0.29, 0.717) is 22.2 Å². The van der Waals surface area contributed by atoms with Gasteiger partial charge in [0.15, 0.2) is 0 Å². The van der Waals surface area contributed by atoms with E-state index in [1.54, 1.807) is 18.8 Å². The average Bonchev–Trinajstić information content (AvgIpc) is 2.95. The van der Waals surface area contributed by atoms with Crippen LogP contribution in [0.4, 0.5) is 11.6 Å². The van der Waals surface area contributed by atoms with E-state index in [1.165, 1.54) is 0 Å². The van der Waals surface area contributed by atoms with Gasteiger partial charge in [-0.15, -0.1) is 5.10 Å². The summed E-state index contributed by atoms with van der Waals surface area (Å²) in [7, 11) is 3.24. The largest absolute Gasteiger partial charge is 0.495 e.